The summed E-state index contributed by atoms with van der Waals surface area (Å²) >= 11 is 1.47. The monoisotopic (exact) mass is 399 g/mol. The lowest BCUT2D eigenvalue weighted by Crippen LogP contribution is -2.33. The van der Waals surface area contributed by atoms with Gasteiger partial charge in [0.05, 0.1) is 6.04 Å². The van der Waals surface area contributed by atoms with Gasteiger partial charge < -0.3 is 14.8 Å². The topological polar surface area (TPSA) is 64.6 Å². The summed E-state index contributed by atoms with van der Waals surface area (Å²) in [6.45, 7) is -0.719. The second-order valence-corrected chi connectivity index (χ2v) is 6.81. The summed E-state index contributed by atoms with van der Waals surface area (Å²) in [7, 11) is 0. The van der Waals surface area contributed by atoms with E-state index in [2.05, 4.69) is 5.32 Å². The third kappa shape index (κ3) is 5.65. The Bertz CT molecular complexity index is 898. The molecule has 2 aromatic carbocycles. The lowest BCUT2D eigenvalue weighted by Gasteiger charge is -2.18. The normalized spacial score (nSPS) is 11.5. The molecule has 0 saturated carbocycles. The first-order valence-corrected chi connectivity index (χ1v) is 9.41. The molecule has 1 aromatic heterocycles. The molecule has 28 heavy (non-hydrogen) atoms. The van der Waals surface area contributed by atoms with Gasteiger partial charge in [-0.1, -0.05) is 36.4 Å². The number of amides is 1. The van der Waals surface area contributed by atoms with Gasteiger partial charge in [0.25, 0.3) is 5.91 Å². The summed E-state index contributed by atoms with van der Waals surface area (Å²) in [5.41, 5.74) is 0.732. The first kappa shape index (κ1) is 19.6. The van der Waals surface area contributed by atoms with Crippen LogP contribution in [0.15, 0.2) is 72.1 Å². The van der Waals surface area contributed by atoms with Crippen LogP contribution in [0, 0.1) is 5.82 Å². The van der Waals surface area contributed by atoms with Crippen LogP contribution in [0.1, 0.15) is 16.5 Å². The smallest absolute Gasteiger partial charge is 0.344 e. The van der Waals surface area contributed by atoms with E-state index in [0.29, 0.717) is 5.75 Å². The van der Waals surface area contributed by atoms with Crippen LogP contribution in [0.2, 0.25) is 0 Å². The minimum Gasteiger partial charge on any atom is -0.482 e. The summed E-state index contributed by atoms with van der Waals surface area (Å²) in [4.78, 5) is 24.9. The fraction of sp³-hybridized carbons (Fsp3) is 0.143. The van der Waals surface area contributed by atoms with Crippen LogP contribution in [0.4, 0.5) is 4.39 Å². The molecule has 1 amide bonds. The molecular formula is C21H18FNO4S. The zero-order valence-corrected chi connectivity index (χ0v) is 15.7. The number of ether oxygens (including phenoxy) is 2. The van der Waals surface area contributed by atoms with E-state index in [1.807, 2.05) is 23.6 Å². The van der Waals surface area contributed by atoms with E-state index in [4.69, 9.17) is 9.47 Å². The van der Waals surface area contributed by atoms with E-state index in [1.54, 1.807) is 36.4 Å². The van der Waals surface area contributed by atoms with Gasteiger partial charge in [-0.3, -0.25) is 4.79 Å². The molecule has 0 saturated heterocycles. The van der Waals surface area contributed by atoms with Crippen molar-refractivity contribution in [2.24, 2.45) is 0 Å². The molecule has 0 radical (unpaired) electrons. The number of hydrogen-bond acceptors (Lipinski definition) is 5. The Kier molecular flexibility index (Phi) is 6.75. The van der Waals surface area contributed by atoms with Crippen molar-refractivity contribution in [1.29, 1.82) is 0 Å². The van der Waals surface area contributed by atoms with Crippen molar-refractivity contribution in [2.75, 3.05) is 13.2 Å². The zero-order valence-electron chi connectivity index (χ0n) is 14.8. The van der Waals surface area contributed by atoms with E-state index >= 15 is 0 Å². The second kappa shape index (κ2) is 9.66. The molecule has 0 fully saturated rings. The Balaban J connectivity index is 1.54. The predicted molar refractivity (Wildman–Crippen MR) is 104 cm³/mol. The Labute approximate surface area is 165 Å². The molecular weight excluding hydrogens is 381 g/mol. The predicted octanol–water partition coefficient (Wildman–Crippen LogP) is 3.72. The highest BCUT2D eigenvalue weighted by Crippen LogP contribution is 2.26. The molecule has 3 rings (SSSR count). The Morgan fingerprint density at radius 1 is 0.964 bits per heavy atom. The zero-order chi connectivity index (χ0) is 19.8. The molecule has 7 heteroatoms. The Morgan fingerprint density at radius 2 is 1.71 bits per heavy atom. The second-order valence-electron chi connectivity index (χ2n) is 5.83. The van der Waals surface area contributed by atoms with Gasteiger partial charge in [-0.15, -0.1) is 11.3 Å². The van der Waals surface area contributed by atoms with Crippen molar-refractivity contribution in [3.63, 3.8) is 0 Å². The number of halogens is 1. The van der Waals surface area contributed by atoms with Crippen LogP contribution < -0.4 is 10.1 Å². The fourth-order valence-corrected chi connectivity index (χ4v) is 3.28. The number of para-hydroxylation sites is 1. The van der Waals surface area contributed by atoms with Crippen molar-refractivity contribution >= 4 is 23.2 Å². The summed E-state index contributed by atoms with van der Waals surface area (Å²) in [6, 6.07) is 18.0. The molecule has 0 aliphatic heterocycles. The Hall–Kier alpha value is -3.19. The van der Waals surface area contributed by atoms with Crippen LogP contribution in [0.5, 0.6) is 5.75 Å². The number of rotatable bonds is 8. The minimum absolute atomic E-state index is 0.288. The van der Waals surface area contributed by atoms with Gasteiger partial charge in [-0.2, -0.15) is 0 Å². The number of carbonyl (C=O) groups is 2. The highest BCUT2D eigenvalue weighted by Gasteiger charge is 2.19. The Morgan fingerprint density at radius 3 is 2.39 bits per heavy atom. The molecule has 1 unspecified atom stereocenters. The van der Waals surface area contributed by atoms with Crippen molar-refractivity contribution in [3.05, 3.63) is 88.4 Å². The van der Waals surface area contributed by atoms with Crippen LogP contribution in [-0.4, -0.2) is 25.1 Å². The average Bonchev–Trinajstić information content (AvgIpc) is 3.25. The minimum atomic E-state index is -0.645. The lowest BCUT2D eigenvalue weighted by molar-refractivity contribution is -0.150. The number of carbonyl (C=O) groups excluding carboxylic acids is 2. The van der Waals surface area contributed by atoms with E-state index in [1.165, 1.54) is 23.5 Å². The maximum Gasteiger partial charge on any atom is 0.344 e. The fourth-order valence-electron chi connectivity index (χ4n) is 2.48. The van der Waals surface area contributed by atoms with Crippen LogP contribution in [0.25, 0.3) is 0 Å². The van der Waals surface area contributed by atoms with E-state index in [-0.39, 0.29) is 12.4 Å². The highest BCUT2D eigenvalue weighted by atomic mass is 32.1. The quantitative estimate of drug-likeness (QED) is 0.587. The summed E-state index contributed by atoms with van der Waals surface area (Å²) in [5.74, 6) is -0.922. The molecule has 1 heterocycles. The van der Waals surface area contributed by atoms with Crippen LogP contribution in [-0.2, 0) is 14.3 Å². The first-order valence-electron chi connectivity index (χ1n) is 8.53. The van der Waals surface area contributed by atoms with Gasteiger partial charge in [0, 0.05) is 4.88 Å². The number of nitrogens with one attached hydrogen (secondary N) is 1. The van der Waals surface area contributed by atoms with Gasteiger partial charge >= 0.3 is 5.97 Å². The number of hydrogen-bond donors (Lipinski definition) is 1. The van der Waals surface area contributed by atoms with E-state index < -0.39 is 24.5 Å². The molecule has 144 valence electrons. The van der Waals surface area contributed by atoms with Crippen LogP contribution in [0.3, 0.4) is 0 Å². The lowest BCUT2D eigenvalue weighted by atomic mass is 10.1. The third-order valence-corrected chi connectivity index (χ3v) is 4.74. The SMILES string of the molecule is O=C(COC(=O)COc1ccccc1)NC(c1ccc(F)cc1)c1cccs1. The molecule has 0 aliphatic rings. The van der Waals surface area contributed by atoms with Gasteiger partial charge in [0.2, 0.25) is 0 Å². The summed E-state index contributed by atoms with van der Waals surface area (Å²) < 4.78 is 23.5. The highest BCUT2D eigenvalue weighted by molar-refractivity contribution is 7.10. The third-order valence-electron chi connectivity index (χ3n) is 3.80. The molecule has 0 aliphatic carbocycles. The molecule has 3 aromatic rings. The molecule has 0 bridgehead atoms. The number of esters is 1. The van der Waals surface area contributed by atoms with Gasteiger partial charge in [0.1, 0.15) is 11.6 Å². The summed E-state index contributed by atoms with van der Waals surface area (Å²) in [6.07, 6.45) is 0. The van der Waals surface area contributed by atoms with E-state index in [9.17, 15) is 14.0 Å². The van der Waals surface area contributed by atoms with Gasteiger partial charge in [-0.05, 0) is 41.3 Å². The molecule has 1 atom stereocenters. The maximum atomic E-state index is 13.2. The standard InChI is InChI=1S/C21H18FNO4S/c22-16-10-8-15(9-11-16)21(18-7-4-12-28-18)23-19(24)13-27-20(25)14-26-17-5-2-1-3-6-17/h1-12,21H,13-14H2,(H,23,24). The van der Waals surface area contributed by atoms with E-state index in [0.717, 1.165) is 10.4 Å². The average molecular weight is 399 g/mol. The molecule has 5 nitrogen and oxygen atoms in total. The number of benzene rings is 2. The van der Waals surface area contributed by atoms with Crippen molar-refractivity contribution < 1.29 is 23.5 Å². The van der Waals surface area contributed by atoms with Crippen molar-refractivity contribution in [3.8, 4) is 5.75 Å². The largest absolute Gasteiger partial charge is 0.482 e. The van der Waals surface area contributed by atoms with Gasteiger partial charge in [0.15, 0.2) is 13.2 Å². The maximum absolute atomic E-state index is 13.2. The summed E-state index contributed by atoms with van der Waals surface area (Å²) in [5, 5.41) is 4.70. The van der Waals surface area contributed by atoms with Gasteiger partial charge in [-0.25, -0.2) is 9.18 Å². The van der Waals surface area contributed by atoms with Crippen LogP contribution >= 0.6 is 11.3 Å². The first-order chi connectivity index (χ1) is 13.6. The number of thiophene rings is 1. The molecule has 0 spiro atoms. The van der Waals surface area contributed by atoms with Crippen molar-refractivity contribution in [1.82, 2.24) is 5.32 Å². The van der Waals surface area contributed by atoms with Crippen molar-refractivity contribution in [2.45, 2.75) is 6.04 Å². The molecule has 1 N–H and O–H groups in total.